The molecule has 7 heteroatoms. The average Bonchev–Trinajstić information content (AvgIpc) is 2.50. The molecule has 1 rings (SSSR count). The van der Waals surface area contributed by atoms with Crippen LogP contribution in [0.2, 0.25) is 5.02 Å². The van der Waals surface area contributed by atoms with Crippen molar-refractivity contribution in [3.8, 4) is 0 Å². The molecule has 0 aliphatic heterocycles. The highest BCUT2D eigenvalue weighted by Crippen LogP contribution is 2.18. The lowest BCUT2D eigenvalue weighted by molar-refractivity contribution is 0.607. The van der Waals surface area contributed by atoms with Crippen LogP contribution in [0.3, 0.4) is 0 Å². The molecule has 0 aromatic heterocycles. The predicted molar refractivity (Wildman–Crippen MR) is 112 cm³/mol. The summed E-state index contributed by atoms with van der Waals surface area (Å²) in [6.45, 7) is 4.23. The first-order chi connectivity index (χ1) is 10.7. The van der Waals surface area contributed by atoms with Crippen molar-refractivity contribution in [2.24, 2.45) is 4.99 Å². The number of rotatable bonds is 9. The number of nitrogens with one attached hydrogen (secondary N) is 2. The Morgan fingerprint density at radius 1 is 1.30 bits per heavy atom. The summed E-state index contributed by atoms with van der Waals surface area (Å²) in [4.78, 5) is 4.52. The van der Waals surface area contributed by atoms with Crippen LogP contribution in [0.4, 0.5) is 4.39 Å². The smallest absolute Gasteiger partial charge is 0.191 e. The van der Waals surface area contributed by atoms with E-state index in [9.17, 15) is 4.39 Å². The maximum absolute atomic E-state index is 13.7. The molecule has 2 N–H and O–H groups in total. The Bertz CT molecular complexity index is 454. The summed E-state index contributed by atoms with van der Waals surface area (Å²) in [7, 11) is 0. The minimum atomic E-state index is -0.256. The summed E-state index contributed by atoms with van der Waals surface area (Å²) in [5.41, 5.74) is 0.549. The van der Waals surface area contributed by atoms with E-state index in [0.717, 1.165) is 25.5 Å². The Labute approximate surface area is 165 Å². The molecule has 0 bridgehead atoms. The van der Waals surface area contributed by atoms with Gasteiger partial charge in [-0.1, -0.05) is 17.7 Å². The number of guanidine groups is 1. The van der Waals surface area contributed by atoms with Crippen LogP contribution < -0.4 is 10.6 Å². The number of hydrogen-bond donors (Lipinski definition) is 2. The monoisotopic (exact) mass is 473 g/mol. The molecule has 0 amide bonds. The van der Waals surface area contributed by atoms with Gasteiger partial charge in [0.25, 0.3) is 0 Å². The van der Waals surface area contributed by atoms with Crippen LogP contribution >= 0.6 is 47.3 Å². The zero-order valence-corrected chi connectivity index (χ0v) is 17.6. The van der Waals surface area contributed by atoms with Gasteiger partial charge in [0.15, 0.2) is 5.96 Å². The third-order valence-corrected chi connectivity index (χ3v) is 4.15. The van der Waals surface area contributed by atoms with Gasteiger partial charge in [0, 0.05) is 30.2 Å². The van der Waals surface area contributed by atoms with Crippen LogP contribution in [0.1, 0.15) is 25.3 Å². The summed E-state index contributed by atoms with van der Waals surface area (Å²) in [5, 5.41) is 6.89. The van der Waals surface area contributed by atoms with E-state index >= 15 is 0 Å². The van der Waals surface area contributed by atoms with E-state index in [1.54, 1.807) is 12.1 Å². The van der Waals surface area contributed by atoms with Crippen molar-refractivity contribution in [2.45, 2.75) is 26.2 Å². The molecular formula is C16H26ClFIN3S. The molecule has 0 spiro atoms. The van der Waals surface area contributed by atoms with Crippen molar-refractivity contribution in [2.75, 3.05) is 31.6 Å². The summed E-state index contributed by atoms with van der Waals surface area (Å²) >= 11 is 7.88. The lowest BCUT2D eigenvalue weighted by Crippen LogP contribution is -2.38. The number of benzene rings is 1. The van der Waals surface area contributed by atoms with Gasteiger partial charge >= 0.3 is 0 Å². The van der Waals surface area contributed by atoms with Gasteiger partial charge in [-0.15, -0.1) is 24.0 Å². The van der Waals surface area contributed by atoms with Crippen LogP contribution in [0.5, 0.6) is 0 Å². The van der Waals surface area contributed by atoms with Gasteiger partial charge in [-0.05, 0) is 50.3 Å². The lowest BCUT2D eigenvalue weighted by Gasteiger charge is -2.12. The molecule has 132 valence electrons. The van der Waals surface area contributed by atoms with E-state index in [1.807, 2.05) is 18.7 Å². The summed E-state index contributed by atoms with van der Waals surface area (Å²) in [5.74, 6) is 1.69. The van der Waals surface area contributed by atoms with Gasteiger partial charge in [0.1, 0.15) is 5.82 Å². The SMILES string of the molecule is CCNC(=NCCCCSC)NCCc1c(F)cccc1Cl.I. The molecule has 0 fully saturated rings. The Balaban J connectivity index is 0.00000484. The molecule has 0 saturated carbocycles. The highest BCUT2D eigenvalue weighted by atomic mass is 127. The van der Waals surface area contributed by atoms with Crippen LogP contribution in [0.25, 0.3) is 0 Å². The van der Waals surface area contributed by atoms with E-state index < -0.39 is 0 Å². The number of halogens is 3. The van der Waals surface area contributed by atoms with E-state index in [0.29, 0.717) is 23.6 Å². The minimum Gasteiger partial charge on any atom is -0.357 e. The fraction of sp³-hybridized carbons (Fsp3) is 0.562. The molecule has 0 aliphatic rings. The first kappa shape index (κ1) is 22.8. The largest absolute Gasteiger partial charge is 0.357 e. The van der Waals surface area contributed by atoms with Gasteiger partial charge < -0.3 is 10.6 Å². The zero-order chi connectivity index (χ0) is 16.2. The molecule has 0 atom stereocenters. The van der Waals surface area contributed by atoms with E-state index in [-0.39, 0.29) is 29.8 Å². The van der Waals surface area contributed by atoms with Gasteiger partial charge in [-0.2, -0.15) is 11.8 Å². The van der Waals surface area contributed by atoms with E-state index in [1.165, 1.54) is 18.2 Å². The standard InChI is InChI=1S/C16H25ClFN3S.HI/c1-3-19-16(20-10-4-5-12-22-2)21-11-9-13-14(17)7-6-8-15(13)18;/h6-8H,3-5,9-12H2,1-2H3,(H2,19,20,21);1H. The molecular weight excluding hydrogens is 448 g/mol. The number of thioether (sulfide) groups is 1. The second kappa shape index (κ2) is 14.2. The van der Waals surface area contributed by atoms with Crippen molar-refractivity contribution in [3.63, 3.8) is 0 Å². The fourth-order valence-corrected chi connectivity index (χ4v) is 2.72. The normalized spacial score (nSPS) is 11.0. The van der Waals surface area contributed by atoms with Crippen molar-refractivity contribution in [3.05, 3.63) is 34.6 Å². The van der Waals surface area contributed by atoms with E-state index in [2.05, 4.69) is 21.9 Å². The third-order valence-electron chi connectivity index (χ3n) is 3.10. The minimum absolute atomic E-state index is 0. The summed E-state index contributed by atoms with van der Waals surface area (Å²) in [6, 6.07) is 4.77. The number of hydrogen-bond acceptors (Lipinski definition) is 2. The first-order valence-electron chi connectivity index (χ1n) is 7.63. The summed E-state index contributed by atoms with van der Waals surface area (Å²) < 4.78 is 13.7. The van der Waals surface area contributed by atoms with E-state index in [4.69, 9.17) is 11.6 Å². The maximum Gasteiger partial charge on any atom is 0.191 e. The second-order valence-corrected chi connectivity index (χ2v) is 6.23. The van der Waals surface area contributed by atoms with Crippen molar-refractivity contribution in [1.82, 2.24) is 10.6 Å². The molecule has 3 nitrogen and oxygen atoms in total. The van der Waals surface area contributed by atoms with Crippen LogP contribution in [-0.2, 0) is 6.42 Å². The Morgan fingerprint density at radius 3 is 2.74 bits per heavy atom. The highest BCUT2D eigenvalue weighted by Gasteiger charge is 2.06. The molecule has 0 unspecified atom stereocenters. The predicted octanol–water partition coefficient (Wildman–Crippen LogP) is 4.34. The topological polar surface area (TPSA) is 36.4 Å². The number of nitrogens with zero attached hydrogens (tertiary/aromatic N) is 1. The highest BCUT2D eigenvalue weighted by molar-refractivity contribution is 14.0. The average molecular weight is 474 g/mol. The molecule has 1 aromatic rings. The molecule has 1 aromatic carbocycles. The third kappa shape index (κ3) is 9.62. The Hall–Kier alpha value is -0.210. The van der Waals surface area contributed by atoms with Crippen molar-refractivity contribution in [1.29, 1.82) is 0 Å². The molecule has 23 heavy (non-hydrogen) atoms. The number of aliphatic imine (C=N–C) groups is 1. The van der Waals surface area contributed by atoms with Crippen LogP contribution in [-0.4, -0.2) is 37.6 Å². The van der Waals surface area contributed by atoms with Gasteiger partial charge in [0.05, 0.1) is 0 Å². The summed E-state index contributed by atoms with van der Waals surface area (Å²) in [6.07, 6.45) is 4.90. The lowest BCUT2D eigenvalue weighted by atomic mass is 10.1. The Morgan fingerprint density at radius 2 is 2.09 bits per heavy atom. The van der Waals surface area contributed by atoms with Crippen molar-refractivity contribution < 1.29 is 4.39 Å². The van der Waals surface area contributed by atoms with Gasteiger partial charge in [-0.25, -0.2) is 4.39 Å². The quantitative estimate of drug-likeness (QED) is 0.242. The molecule has 0 heterocycles. The number of unbranched alkanes of at least 4 members (excludes halogenated alkanes) is 1. The Kier molecular flexibility index (Phi) is 14.0. The molecule has 0 aliphatic carbocycles. The molecule has 0 radical (unpaired) electrons. The second-order valence-electron chi connectivity index (χ2n) is 4.84. The van der Waals surface area contributed by atoms with Gasteiger partial charge in [-0.3, -0.25) is 4.99 Å². The van der Waals surface area contributed by atoms with Gasteiger partial charge in [0.2, 0.25) is 0 Å². The fourth-order valence-electron chi connectivity index (χ4n) is 1.97. The van der Waals surface area contributed by atoms with Crippen LogP contribution in [0, 0.1) is 5.82 Å². The maximum atomic E-state index is 13.7. The first-order valence-corrected chi connectivity index (χ1v) is 9.40. The van der Waals surface area contributed by atoms with Crippen LogP contribution in [0.15, 0.2) is 23.2 Å². The van der Waals surface area contributed by atoms with Crippen molar-refractivity contribution >= 4 is 53.3 Å². The molecule has 0 saturated heterocycles. The zero-order valence-electron chi connectivity index (χ0n) is 13.7.